The summed E-state index contributed by atoms with van der Waals surface area (Å²) in [6.07, 6.45) is 5.48. The Morgan fingerprint density at radius 3 is 1.73 bits per heavy atom. The molecule has 0 amide bonds. The van der Waals surface area contributed by atoms with Gasteiger partial charge in [-0.05, 0) is 19.4 Å². The van der Waals surface area contributed by atoms with Gasteiger partial charge in [0.2, 0.25) is 6.08 Å². The molecule has 5 heteroatoms. The van der Waals surface area contributed by atoms with Gasteiger partial charge in [0.1, 0.15) is 0 Å². The first-order valence-electron chi connectivity index (χ1n) is 5.49. The Morgan fingerprint density at radius 2 is 1.47 bits per heavy atom. The number of nitrogens with one attached hydrogen (secondary N) is 1. The van der Waals surface area contributed by atoms with Crippen molar-refractivity contribution in [3.63, 3.8) is 0 Å². The molecule has 0 aliphatic rings. The smallest absolute Gasteiger partial charge is 0.318 e. The number of hydrogen-bond acceptors (Lipinski definition) is 4. The molecule has 0 aromatic carbocycles. The van der Waals surface area contributed by atoms with Gasteiger partial charge in [0, 0.05) is 13.2 Å². The van der Waals surface area contributed by atoms with E-state index in [1.54, 1.807) is 0 Å². The quantitative estimate of drug-likeness (QED) is 0.303. The van der Waals surface area contributed by atoms with Crippen LogP contribution in [0.2, 0.25) is 6.55 Å². The summed E-state index contributed by atoms with van der Waals surface area (Å²) in [5.74, 6) is 0. The average molecular weight is 233 g/mol. The molecule has 1 N–H and O–H groups in total. The normalized spacial score (nSPS) is 9.33. The fourth-order valence-corrected chi connectivity index (χ4v) is 1.93. The molecular formula is C10H23NO3Si. The highest BCUT2D eigenvalue weighted by atomic mass is 28.3. The van der Waals surface area contributed by atoms with Gasteiger partial charge in [0.05, 0.1) is 0 Å². The van der Waals surface area contributed by atoms with Gasteiger partial charge in [-0.15, -0.1) is 0 Å². The summed E-state index contributed by atoms with van der Waals surface area (Å²) in [6, 6.07) is 0. The second-order valence-electron chi connectivity index (χ2n) is 3.12. The third-order valence-corrected chi connectivity index (χ3v) is 3.11. The predicted molar refractivity (Wildman–Crippen MR) is 63.1 cm³/mol. The van der Waals surface area contributed by atoms with Gasteiger partial charge in [0.15, 0.2) is 0 Å². The molecule has 0 heterocycles. The van der Waals surface area contributed by atoms with E-state index in [4.69, 9.17) is 19.1 Å². The van der Waals surface area contributed by atoms with E-state index < -0.39 is 9.28 Å². The number of rotatable bonds is 8. The van der Waals surface area contributed by atoms with Crippen molar-refractivity contribution in [1.82, 2.24) is 0 Å². The molecule has 0 aromatic rings. The average Bonchev–Trinajstić information content (AvgIpc) is 2.20. The molecule has 0 aliphatic carbocycles. The highest BCUT2D eigenvalue weighted by Gasteiger charge is 2.03. The highest BCUT2D eigenvalue weighted by Crippen LogP contribution is 1.95. The lowest BCUT2D eigenvalue weighted by Crippen LogP contribution is -2.19. The fraction of sp³-hybridized carbons (Fsp3) is 0.900. The van der Waals surface area contributed by atoms with Crippen molar-refractivity contribution in [1.29, 1.82) is 5.41 Å². The van der Waals surface area contributed by atoms with Crippen LogP contribution in [-0.2, 0) is 13.6 Å². The van der Waals surface area contributed by atoms with E-state index in [1.165, 1.54) is 12.8 Å². The minimum Gasteiger partial charge on any atom is -0.397 e. The van der Waals surface area contributed by atoms with Crippen molar-refractivity contribution in [3.05, 3.63) is 0 Å². The van der Waals surface area contributed by atoms with Crippen LogP contribution in [0.4, 0.5) is 0 Å². The Balaban J connectivity index is 0. The van der Waals surface area contributed by atoms with E-state index in [2.05, 4.69) is 20.4 Å². The summed E-state index contributed by atoms with van der Waals surface area (Å²) < 4.78 is 11.1. The molecule has 0 saturated heterocycles. The molecule has 0 fully saturated rings. The molecule has 90 valence electrons. The van der Waals surface area contributed by atoms with Crippen molar-refractivity contribution in [2.45, 2.75) is 46.1 Å². The molecule has 0 atom stereocenters. The Bertz CT molecular complexity index is 140. The van der Waals surface area contributed by atoms with E-state index in [1.807, 2.05) is 0 Å². The SMILES string of the molecule is CCCCO[SiH](C)OCCCC.N=C=O. The van der Waals surface area contributed by atoms with Crippen molar-refractivity contribution in [2.75, 3.05) is 13.2 Å². The molecule has 0 saturated carbocycles. The molecule has 0 spiro atoms. The maximum Gasteiger partial charge on any atom is 0.318 e. The lowest BCUT2D eigenvalue weighted by atomic mass is 10.4. The van der Waals surface area contributed by atoms with Crippen LogP contribution in [0.3, 0.4) is 0 Å². The number of hydrogen-bond donors (Lipinski definition) is 1. The first-order chi connectivity index (χ1) is 7.22. The summed E-state index contributed by atoms with van der Waals surface area (Å²) in [5, 5.41) is 5.40. The van der Waals surface area contributed by atoms with Crippen LogP contribution in [0.1, 0.15) is 39.5 Å². The zero-order valence-electron chi connectivity index (χ0n) is 10.0. The molecule has 15 heavy (non-hydrogen) atoms. The summed E-state index contributed by atoms with van der Waals surface area (Å²) in [6.45, 7) is 8.22. The maximum atomic E-state index is 8.35. The van der Waals surface area contributed by atoms with Crippen LogP contribution in [0, 0.1) is 5.41 Å². The molecule has 0 aliphatic heterocycles. The second kappa shape index (κ2) is 16.0. The molecule has 0 unspecified atom stereocenters. The molecule has 0 radical (unpaired) electrons. The third-order valence-electron chi connectivity index (χ3n) is 1.70. The minimum atomic E-state index is -1.27. The zero-order valence-corrected chi connectivity index (χ0v) is 11.2. The van der Waals surface area contributed by atoms with E-state index in [0.717, 1.165) is 32.1 Å². The van der Waals surface area contributed by atoms with Gasteiger partial charge >= 0.3 is 9.28 Å². The highest BCUT2D eigenvalue weighted by molar-refractivity contribution is 6.42. The van der Waals surface area contributed by atoms with Crippen LogP contribution in [0.5, 0.6) is 0 Å². The van der Waals surface area contributed by atoms with Crippen molar-refractivity contribution in [3.8, 4) is 0 Å². The van der Waals surface area contributed by atoms with Gasteiger partial charge in [-0.3, -0.25) is 0 Å². The maximum absolute atomic E-state index is 8.35. The Kier molecular flexibility index (Phi) is 18.0. The van der Waals surface area contributed by atoms with Gasteiger partial charge in [0.25, 0.3) is 0 Å². The summed E-state index contributed by atoms with van der Waals surface area (Å²) in [7, 11) is -1.27. The van der Waals surface area contributed by atoms with Gasteiger partial charge in [-0.1, -0.05) is 26.7 Å². The molecule has 0 aromatic heterocycles. The van der Waals surface area contributed by atoms with Crippen molar-refractivity contribution in [2.24, 2.45) is 0 Å². The fourth-order valence-electron chi connectivity index (χ4n) is 0.835. The lowest BCUT2D eigenvalue weighted by molar-refractivity contribution is 0.197. The zero-order chi connectivity index (χ0) is 11.9. The van der Waals surface area contributed by atoms with Gasteiger partial charge < -0.3 is 8.85 Å². The Labute approximate surface area is 94.3 Å². The largest absolute Gasteiger partial charge is 0.397 e. The van der Waals surface area contributed by atoms with Crippen LogP contribution in [0.15, 0.2) is 0 Å². The van der Waals surface area contributed by atoms with Crippen LogP contribution in [-0.4, -0.2) is 28.6 Å². The molecule has 0 rings (SSSR count). The molecular weight excluding hydrogens is 210 g/mol. The van der Waals surface area contributed by atoms with Crippen LogP contribution < -0.4 is 0 Å². The van der Waals surface area contributed by atoms with Gasteiger partial charge in [-0.2, -0.15) is 0 Å². The Hall–Kier alpha value is -0.483. The van der Waals surface area contributed by atoms with Crippen molar-refractivity contribution < 1.29 is 13.6 Å². The summed E-state index contributed by atoms with van der Waals surface area (Å²) in [4.78, 5) is 8.35. The van der Waals surface area contributed by atoms with E-state index in [-0.39, 0.29) is 0 Å². The molecule has 0 bridgehead atoms. The van der Waals surface area contributed by atoms with Gasteiger partial charge in [-0.25, -0.2) is 10.2 Å². The third kappa shape index (κ3) is 19.8. The predicted octanol–water partition coefficient (Wildman–Crippen LogP) is 2.37. The number of unbranched alkanes of at least 4 members (excludes halogenated alkanes) is 2. The number of isocyanates is 1. The van der Waals surface area contributed by atoms with E-state index >= 15 is 0 Å². The van der Waals surface area contributed by atoms with Crippen molar-refractivity contribution >= 4 is 15.4 Å². The first-order valence-corrected chi connectivity index (χ1v) is 7.59. The topological polar surface area (TPSA) is 59.4 Å². The monoisotopic (exact) mass is 233 g/mol. The second-order valence-corrected chi connectivity index (χ2v) is 4.92. The number of carbonyl (C=O) groups excluding carboxylic acids is 1. The van der Waals surface area contributed by atoms with E-state index in [9.17, 15) is 0 Å². The Morgan fingerprint density at radius 1 is 1.13 bits per heavy atom. The first kappa shape index (κ1) is 16.9. The van der Waals surface area contributed by atoms with Crippen LogP contribution in [0.25, 0.3) is 0 Å². The van der Waals surface area contributed by atoms with Crippen LogP contribution >= 0.6 is 0 Å². The minimum absolute atomic E-state index is 0.750. The van der Waals surface area contributed by atoms with E-state index in [0.29, 0.717) is 0 Å². The standard InChI is InChI=1S/C9H22O2Si.CHNO/c1-4-6-8-10-12(3)11-9-7-5-2;2-1-3/h12H,4-9H2,1-3H3;2H. The molecule has 4 nitrogen and oxygen atoms in total. The lowest BCUT2D eigenvalue weighted by Gasteiger charge is -2.11. The summed E-state index contributed by atoms with van der Waals surface area (Å²) in [5.41, 5.74) is 0. The summed E-state index contributed by atoms with van der Waals surface area (Å²) >= 11 is 0.